The van der Waals surface area contributed by atoms with Crippen molar-refractivity contribution in [3.8, 4) is 0 Å². The van der Waals surface area contributed by atoms with Gasteiger partial charge in [0.25, 0.3) is 0 Å². The van der Waals surface area contributed by atoms with E-state index < -0.39 is 5.60 Å². The number of ether oxygens (including phenoxy) is 1. The molecule has 0 unspecified atom stereocenters. The van der Waals surface area contributed by atoms with Gasteiger partial charge in [0.05, 0.1) is 0 Å². The molecule has 1 aliphatic heterocycles. The minimum atomic E-state index is -0.810. The van der Waals surface area contributed by atoms with Gasteiger partial charge in [0.2, 0.25) is 0 Å². The molecular weight excluding hydrogens is 228 g/mol. The first kappa shape index (κ1) is 12.3. The van der Waals surface area contributed by atoms with Crippen LogP contribution in [0, 0.1) is 6.92 Å². The standard InChI is InChI=1S/C15H14O3/c1-11-5-3-4-6-12(11)13(16)7-9-15(2)10-8-14(17)18-15/h3-10H,1-2H3/b9-7+/t15-/m0/s1. The Morgan fingerprint density at radius 1 is 1.33 bits per heavy atom. The van der Waals surface area contributed by atoms with Crippen molar-refractivity contribution in [2.24, 2.45) is 0 Å². The van der Waals surface area contributed by atoms with Gasteiger partial charge in [-0.25, -0.2) is 4.79 Å². The topological polar surface area (TPSA) is 43.4 Å². The quantitative estimate of drug-likeness (QED) is 0.465. The summed E-state index contributed by atoms with van der Waals surface area (Å²) in [6.45, 7) is 3.62. The SMILES string of the molecule is Cc1ccccc1C(=O)/C=C/[C@@]1(C)C=CC(=O)O1. The smallest absolute Gasteiger partial charge is 0.331 e. The van der Waals surface area contributed by atoms with Crippen LogP contribution in [0.1, 0.15) is 22.8 Å². The minimum Gasteiger partial charge on any atom is -0.448 e. The average molecular weight is 242 g/mol. The van der Waals surface area contributed by atoms with Crippen LogP contribution in [0.4, 0.5) is 0 Å². The molecule has 92 valence electrons. The highest BCUT2D eigenvalue weighted by Gasteiger charge is 2.27. The lowest BCUT2D eigenvalue weighted by molar-refractivity contribution is -0.141. The largest absolute Gasteiger partial charge is 0.448 e. The number of hydrogen-bond donors (Lipinski definition) is 0. The van der Waals surface area contributed by atoms with E-state index in [1.54, 1.807) is 25.1 Å². The van der Waals surface area contributed by atoms with Gasteiger partial charge in [-0.3, -0.25) is 4.79 Å². The van der Waals surface area contributed by atoms with Crippen molar-refractivity contribution >= 4 is 11.8 Å². The van der Waals surface area contributed by atoms with Crippen molar-refractivity contribution in [1.82, 2.24) is 0 Å². The molecule has 0 aliphatic carbocycles. The molecular formula is C15H14O3. The van der Waals surface area contributed by atoms with Crippen LogP contribution >= 0.6 is 0 Å². The van der Waals surface area contributed by atoms with Gasteiger partial charge in [-0.1, -0.05) is 24.3 Å². The predicted molar refractivity (Wildman–Crippen MR) is 68.3 cm³/mol. The molecule has 18 heavy (non-hydrogen) atoms. The fraction of sp³-hybridized carbons (Fsp3) is 0.200. The summed E-state index contributed by atoms with van der Waals surface area (Å²) >= 11 is 0. The third-order valence-electron chi connectivity index (χ3n) is 2.85. The lowest BCUT2D eigenvalue weighted by Crippen LogP contribution is -2.20. The maximum atomic E-state index is 12.0. The van der Waals surface area contributed by atoms with E-state index in [0.29, 0.717) is 5.56 Å². The minimum absolute atomic E-state index is 0.0920. The zero-order chi connectivity index (χ0) is 13.2. The number of hydrogen-bond acceptors (Lipinski definition) is 3. The van der Waals surface area contributed by atoms with Gasteiger partial charge in [-0.15, -0.1) is 0 Å². The molecule has 1 heterocycles. The Labute approximate surface area is 106 Å². The highest BCUT2D eigenvalue weighted by atomic mass is 16.6. The molecule has 3 nitrogen and oxygen atoms in total. The zero-order valence-electron chi connectivity index (χ0n) is 10.3. The molecule has 1 aliphatic rings. The Bertz CT molecular complexity index is 555. The number of esters is 1. The van der Waals surface area contributed by atoms with E-state index in [9.17, 15) is 9.59 Å². The molecule has 0 bridgehead atoms. The Balaban J connectivity index is 2.16. The van der Waals surface area contributed by atoms with Crippen LogP contribution < -0.4 is 0 Å². The summed E-state index contributed by atoms with van der Waals surface area (Å²) in [7, 11) is 0. The maximum Gasteiger partial charge on any atom is 0.331 e. The highest BCUT2D eigenvalue weighted by molar-refractivity contribution is 6.05. The molecule has 0 saturated heterocycles. The number of carbonyl (C=O) groups is 2. The highest BCUT2D eigenvalue weighted by Crippen LogP contribution is 2.21. The second kappa shape index (κ2) is 4.61. The lowest BCUT2D eigenvalue weighted by Gasteiger charge is -2.15. The van der Waals surface area contributed by atoms with Crippen LogP contribution in [-0.2, 0) is 9.53 Å². The molecule has 0 N–H and O–H groups in total. The van der Waals surface area contributed by atoms with Gasteiger partial charge in [-0.05, 0) is 37.6 Å². The van der Waals surface area contributed by atoms with Crippen LogP contribution in [0.2, 0.25) is 0 Å². The van der Waals surface area contributed by atoms with Gasteiger partial charge < -0.3 is 4.74 Å². The van der Waals surface area contributed by atoms with Crippen molar-refractivity contribution in [1.29, 1.82) is 0 Å². The second-order valence-corrected chi connectivity index (χ2v) is 4.45. The number of allylic oxidation sites excluding steroid dienone is 1. The summed E-state index contributed by atoms with van der Waals surface area (Å²) < 4.78 is 5.08. The van der Waals surface area contributed by atoms with E-state index >= 15 is 0 Å². The van der Waals surface area contributed by atoms with E-state index in [-0.39, 0.29) is 11.8 Å². The molecule has 1 aromatic carbocycles. The summed E-state index contributed by atoms with van der Waals surface area (Å²) in [5.74, 6) is -0.476. The average Bonchev–Trinajstić information content (AvgIpc) is 2.68. The summed E-state index contributed by atoms with van der Waals surface area (Å²) in [6, 6.07) is 7.38. The molecule has 0 fully saturated rings. The van der Waals surface area contributed by atoms with E-state index in [1.165, 1.54) is 12.2 Å². The van der Waals surface area contributed by atoms with E-state index in [0.717, 1.165) is 5.56 Å². The molecule has 0 radical (unpaired) electrons. The third-order valence-corrected chi connectivity index (χ3v) is 2.85. The normalized spacial score (nSPS) is 22.4. The first-order chi connectivity index (χ1) is 8.50. The summed E-state index contributed by atoms with van der Waals surface area (Å²) in [5.41, 5.74) is 0.775. The molecule has 0 spiro atoms. The van der Waals surface area contributed by atoms with Gasteiger partial charge >= 0.3 is 5.97 Å². The lowest BCUT2D eigenvalue weighted by atomic mass is 10.0. The van der Waals surface area contributed by atoms with Crippen LogP contribution in [0.5, 0.6) is 0 Å². The van der Waals surface area contributed by atoms with Crippen molar-refractivity contribution in [3.05, 3.63) is 59.7 Å². The first-order valence-electron chi connectivity index (χ1n) is 5.72. The van der Waals surface area contributed by atoms with Crippen molar-refractivity contribution in [2.75, 3.05) is 0 Å². The monoisotopic (exact) mass is 242 g/mol. The Morgan fingerprint density at radius 2 is 2.06 bits per heavy atom. The Hall–Kier alpha value is -2.16. The number of ketones is 1. The summed E-state index contributed by atoms with van der Waals surface area (Å²) in [5, 5.41) is 0. The summed E-state index contributed by atoms with van der Waals surface area (Å²) in [6.07, 6.45) is 6.05. The maximum absolute atomic E-state index is 12.0. The van der Waals surface area contributed by atoms with Crippen molar-refractivity contribution in [2.45, 2.75) is 19.4 Å². The summed E-state index contributed by atoms with van der Waals surface area (Å²) in [4.78, 5) is 23.0. The molecule has 2 rings (SSSR count). The molecule has 0 amide bonds. The molecule has 1 atom stereocenters. The van der Waals surface area contributed by atoms with E-state index in [1.807, 2.05) is 25.1 Å². The zero-order valence-corrected chi connectivity index (χ0v) is 10.3. The fourth-order valence-corrected chi connectivity index (χ4v) is 1.79. The van der Waals surface area contributed by atoms with E-state index in [4.69, 9.17) is 4.74 Å². The third kappa shape index (κ3) is 2.56. The molecule has 1 aromatic rings. The van der Waals surface area contributed by atoms with Crippen LogP contribution in [0.3, 0.4) is 0 Å². The van der Waals surface area contributed by atoms with Gasteiger partial charge in [0.15, 0.2) is 5.78 Å². The number of rotatable bonds is 3. The first-order valence-corrected chi connectivity index (χ1v) is 5.72. The molecule has 0 aromatic heterocycles. The van der Waals surface area contributed by atoms with Gasteiger partial charge in [-0.2, -0.15) is 0 Å². The van der Waals surface area contributed by atoms with Gasteiger partial charge in [0.1, 0.15) is 5.60 Å². The van der Waals surface area contributed by atoms with Gasteiger partial charge in [0, 0.05) is 11.6 Å². The molecule has 0 saturated carbocycles. The van der Waals surface area contributed by atoms with Crippen molar-refractivity contribution in [3.63, 3.8) is 0 Å². The van der Waals surface area contributed by atoms with Crippen LogP contribution in [0.25, 0.3) is 0 Å². The Morgan fingerprint density at radius 3 is 2.67 bits per heavy atom. The fourth-order valence-electron chi connectivity index (χ4n) is 1.79. The van der Waals surface area contributed by atoms with Crippen LogP contribution in [-0.4, -0.2) is 17.4 Å². The number of cyclic esters (lactones) is 1. The van der Waals surface area contributed by atoms with Crippen molar-refractivity contribution < 1.29 is 14.3 Å². The Kier molecular flexibility index (Phi) is 3.15. The number of aryl methyl sites for hydroxylation is 1. The second-order valence-electron chi connectivity index (χ2n) is 4.45. The molecule has 3 heteroatoms. The predicted octanol–water partition coefficient (Wildman–Crippen LogP) is 2.61. The van der Waals surface area contributed by atoms with Crippen LogP contribution in [0.15, 0.2) is 48.6 Å². The number of benzene rings is 1. The number of carbonyl (C=O) groups excluding carboxylic acids is 2. The van der Waals surface area contributed by atoms with E-state index in [2.05, 4.69) is 0 Å².